The summed E-state index contributed by atoms with van der Waals surface area (Å²) in [5.41, 5.74) is 6.43. The Hall–Kier alpha value is -1.06. The van der Waals surface area contributed by atoms with Gasteiger partial charge in [-0.05, 0) is 57.8 Å². The summed E-state index contributed by atoms with van der Waals surface area (Å²) >= 11 is 0. The summed E-state index contributed by atoms with van der Waals surface area (Å²) in [5, 5.41) is 0. The predicted octanol–water partition coefficient (Wildman–Crippen LogP) is 3.06. The Balaban J connectivity index is 1.84. The second kappa shape index (κ2) is 4.22. The Morgan fingerprint density at radius 2 is 1.68 bits per heavy atom. The molecule has 4 nitrogen and oxygen atoms in total. The van der Waals surface area contributed by atoms with Crippen LogP contribution in [0.15, 0.2) is 4.99 Å². The first kappa shape index (κ1) is 12.9. The van der Waals surface area contributed by atoms with Gasteiger partial charge in [0.15, 0.2) is 0 Å². The average Bonchev–Trinajstić information content (AvgIpc) is 2.88. The van der Waals surface area contributed by atoms with Gasteiger partial charge in [-0.25, -0.2) is 4.79 Å². The molecule has 2 aliphatic carbocycles. The van der Waals surface area contributed by atoms with E-state index in [0.29, 0.717) is 11.3 Å². The highest BCUT2D eigenvalue weighted by molar-refractivity contribution is 6.06. The van der Waals surface area contributed by atoms with Gasteiger partial charge >= 0.3 is 6.03 Å². The lowest BCUT2D eigenvalue weighted by Crippen LogP contribution is -2.59. The minimum absolute atomic E-state index is 0.130. The van der Waals surface area contributed by atoms with Crippen LogP contribution in [0.25, 0.3) is 0 Å². The van der Waals surface area contributed by atoms with Gasteiger partial charge in [0.1, 0.15) is 11.4 Å². The zero-order valence-electron chi connectivity index (χ0n) is 12.1. The van der Waals surface area contributed by atoms with E-state index < -0.39 is 0 Å². The van der Waals surface area contributed by atoms with Crippen molar-refractivity contribution in [3.63, 3.8) is 0 Å². The lowest BCUT2D eigenvalue weighted by atomic mass is 9.65. The molecule has 0 atom stereocenters. The summed E-state index contributed by atoms with van der Waals surface area (Å²) in [6.45, 7) is 4.13. The Morgan fingerprint density at radius 3 is 2.21 bits per heavy atom. The molecular weight excluding hydrogens is 238 g/mol. The highest BCUT2D eigenvalue weighted by atomic mass is 16.2. The molecule has 0 aromatic rings. The molecule has 1 heterocycles. The van der Waals surface area contributed by atoms with Gasteiger partial charge in [-0.15, -0.1) is 0 Å². The van der Waals surface area contributed by atoms with Crippen molar-refractivity contribution in [2.24, 2.45) is 16.1 Å². The Kier molecular flexibility index (Phi) is 2.88. The van der Waals surface area contributed by atoms with Crippen molar-refractivity contribution >= 4 is 11.9 Å². The number of rotatable bonds is 1. The molecule has 0 bridgehead atoms. The summed E-state index contributed by atoms with van der Waals surface area (Å²) in [6.07, 6.45) is 9.93. The van der Waals surface area contributed by atoms with Crippen molar-refractivity contribution in [3.8, 4) is 0 Å². The van der Waals surface area contributed by atoms with E-state index in [1.807, 2.05) is 4.90 Å². The van der Waals surface area contributed by atoms with Crippen LogP contribution in [0.3, 0.4) is 0 Å². The molecule has 3 aliphatic rings. The third-order valence-corrected chi connectivity index (χ3v) is 5.68. The minimum atomic E-state index is -0.265. The normalized spacial score (nSPS) is 28.7. The predicted molar refractivity (Wildman–Crippen MR) is 76.1 cm³/mol. The van der Waals surface area contributed by atoms with Crippen LogP contribution in [0.1, 0.15) is 65.2 Å². The summed E-state index contributed by atoms with van der Waals surface area (Å²) in [5.74, 6) is 0.569. The first-order valence-electron chi connectivity index (χ1n) is 7.67. The van der Waals surface area contributed by atoms with Crippen LogP contribution in [0.4, 0.5) is 4.79 Å². The highest BCUT2D eigenvalue weighted by Crippen LogP contribution is 2.53. The number of nitrogens with two attached hydrogens (primary N) is 1. The molecule has 2 N–H and O–H groups in total. The van der Waals surface area contributed by atoms with Crippen molar-refractivity contribution in [1.82, 2.24) is 4.90 Å². The molecular formula is C15H25N3O. The minimum Gasteiger partial charge on any atom is -0.385 e. The number of hydrogen-bond acceptors (Lipinski definition) is 2. The molecule has 0 radical (unpaired) electrons. The van der Waals surface area contributed by atoms with E-state index in [-0.39, 0.29) is 17.6 Å². The second-order valence-electron chi connectivity index (χ2n) is 6.98. The van der Waals surface area contributed by atoms with Crippen LogP contribution in [0.5, 0.6) is 0 Å². The second-order valence-corrected chi connectivity index (χ2v) is 6.98. The summed E-state index contributed by atoms with van der Waals surface area (Å²) in [7, 11) is 0. The van der Waals surface area contributed by atoms with E-state index >= 15 is 0 Å². The molecule has 2 saturated carbocycles. The van der Waals surface area contributed by atoms with E-state index in [1.165, 1.54) is 38.5 Å². The number of carbonyl (C=O) groups is 1. The molecule has 4 heteroatoms. The van der Waals surface area contributed by atoms with Crippen LogP contribution in [-0.2, 0) is 0 Å². The van der Waals surface area contributed by atoms with Crippen LogP contribution in [0.2, 0.25) is 0 Å². The number of carbonyl (C=O) groups excluding carboxylic acids is 1. The number of amides is 2. The van der Waals surface area contributed by atoms with Gasteiger partial charge in [0.2, 0.25) is 0 Å². The van der Waals surface area contributed by atoms with Gasteiger partial charge in [0, 0.05) is 6.04 Å². The molecule has 106 valence electrons. The number of amidine groups is 1. The summed E-state index contributed by atoms with van der Waals surface area (Å²) in [4.78, 5) is 18.1. The molecule has 2 spiro atoms. The largest absolute Gasteiger partial charge is 0.385 e. The molecule has 3 rings (SSSR count). The Labute approximate surface area is 115 Å². The monoisotopic (exact) mass is 263 g/mol. The average molecular weight is 263 g/mol. The van der Waals surface area contributed by atoms with E-state index in [1.54, 1.807) is 0 Å². The zero-order valence-corrected chi connectivity index (χ0v) is 12.1. The van der Waals surface area contributed by atoms with Gasteiger partial charge in [-0.3, -0.25) is 0 Å². The van der Waals surface area contributed by atoms with Gasteiger partial charge in [-0.1, -0.05) is 12.8 Å². The first-order valence-corrected chi connectivity index (χ1v) is 7.67. The van der Waals surface area contributed by atoms with Gasteiger partial charge in [0.25, 0.3) is 0 Å². The molecule has 19 heavy (non-hydrogen) atoms. The van der Waals surface area contributed by atoms with E-state index in [4.69, 9.17) is 5.73 Å². The topological polar surface area (TPSA) is 58.7 Å². The lowest BCUT2D eigenvalue weighted by molar-refractivity contribution is 0.0686. The summed E-state index contributed by atoms with van der Waals surface area (Å²) in [6, 6.07) is 0.0461. The molecule has 0 aromatic heterocycles. The van der Waals surface area contributed by atoms with Crippen molar-refractivity contribution in [3.05, 3.63) is 0 Å². The Bertz CT molecular complexity index is 411. The molecule has 1 aliphatic heterocycles. The lowest BCUT2D eigenvalue weighted by Gasteiger charge is -2.48. The van der Waals surface area contributed by atoms with E-state index in [2.05, 4.69) is 18.8 Å². The third-order valence-electron chi connectivity index (χ3n) is 5.68. The maximum Gasteiger partial charge on any atom is 0.346 e. The smallest absolute Gasteiger partial charge is 0.346 e. The fourth-order valence-electron chi connectivity index (χ4n) is 4.60. The fourth-order valence-corrected chi connectivity index (χ4v) is 4.60. The van der Waals surface area contributed by atoms with E-state index in [9.17, 15) is 4.79 Å². The van der Waals surface area contributed by atoms with Gasteiger partial charge in [-0.2, -0.15) is 4.99 Å². The maximum absolute atomic E-state index is 12.1. The third kappa shape index (κ3) is 1.79. The quantitative estimate of drug-likeness (QED) is 0.790. The summed E-state index contributed by atoms with van der Waals surface area (Å²) < 4.78 is 0. The first-order chi connectivity index (χ1) is 8.99. The number of aliphatic imine (C=N–C) groups is 1. The van der Waals surface area contributed by atoms with Crippen LogP contribution >= 0.6 is 0 Å². The fraction of sp³-hybridized carbons (Fsp3) is 0.867. The van der Waals surface area contributed by atoms with Crippen molar-refractivity contribution in [1.29, 1.82) is 0 Å². The zero-order chi connectivity index (χ0) is 13.7. The molecule has 2 amide bonds. The highest BCUT2D eigenvalue weighted by Gasteiger charge is 2.54. The van der Waals surface area contributed by atoms with Crippen LogP contribution in [0, 0.1) is 5.41 Å². The number of nitrogens with zero attached hydrogens (tertiary/aromatic N) is 2. The Morgan fingerprint density at radius 1 is 1.11 bits per heavy atom. The number of urea groups is 1. The number of hydrogen-bond donors (Lipinski definition) is 1. The standard InChI is InChI=1S/C15H25N3O/c1-11(2)18-13(19)17-12(16)15(18)9-7-14(8-10-15)5-3-4-6-14/h11H,3-10H2,1-2H3,(H2,16,17,19). The van der Waals surface area contributed by atoms with Crippen molar-refractivity contribution < 1.29 is 4.79 Å². The molecule has 0 aromatic carbocycles. The molecule has 0 unspecified atom stereocenters. The van der Waals surface area contributed by atoms with Gasteiger partial charge in [0.05, 0.1) is 0 Å². The van der Waals surface area contributed by atoms with Crippen LogP contribution in [-0.4, -0.2) is 28.3 Å². The van der Waals surface area contributed by atoms with Crippen LogP contribution < -0.4 is 5.73 Å². The van der Waals surface area contributed by atoms with Gasteiger partial charge < -0.3 is 10.6 Å². The molecule has 2 fully saturated rings. The molecule has 0 saturated heterocycles. The van der Waals surface area contributed by atoms with Crippen molar-refractivity contribution in [2.75, 3.05) is 0 Å². The maximum atomic E-state index is 12.1. The van der Waals surface area contributed by atoms with Crippen molar-refractivity contribution in [2.45, 2.75) is 76.8 Å². The SMILES string of the molecule is CC(C)N1C(=O)N=C(N)C12CCC1(CCCC1)CC2. The van der Waals surface area contributed by atoms with E-state index in [0.717, 1.165) is 12.8 Å².